The number of aryl methyl sites for hydroxylation is 2. The molecule has 0 saturated carbocycles. The van der Waals surface area contributed by atoms with Crippen LogP contribution in [0.4, 0.5) is 0 Å². The molecule has 3 rings (SSSR count). The summed E-state index contributed by atoms with van der Waals surface area (Å²) < 4.78 is 10.5. The minimum absolute atomic E-state index is 0.195. The first-order valence-corrected chi connectivity index (χ1v) is 9.37. The largest absolute Gasteiger partial charge is 0.497 e. The van der Waals surface area contributed by atoms with E-state index in [9.17, 15) is 4.79 Å². The third-order valence-corrected chi connectivity index (χ3v) is 5.52. The van der Waals surface area contributed by atoms with E-state index in [2.05, 4.69) is 29.4 Å². The summed E-state index contributed by atoms with van der Waals surface area (Å²) in [6.45, 7) is 4.46. The zero-order chi connectivity index (χ0) is 19.4. The summed E-state index contributed by atoms with van der Waals surface area (Å²) in [5.74, 6) is 0.929. The van der Waals surface area contributed by atoms with Gasteiger partial charge in [0.1, 0.15) is 16.5 Å². The van der Waals surface area contributed by atoms with E-state index < -0.39 is 0 Å². The average molecular weight is 382 g/mol. The van der Waals surface area contributed by atoms with Crippen LogP contribution < -0.4 is 14.8 Å². The van der Waals surface area contributed by atoms with E-state index in [0.717, 1.165) is 21.1 Å². The molecule has 0 unspecified atom stereocenters. The van der Waals surface area contributed by atoms with Crippen molar-refractivity contribution >= 4 is 17.2 Å². The second kappa shape index (κ2) is 8.22. The predicted octanol–water partition coefficient (Wildman–Crippen LogP) is 4.37. The Hall–Kier alpha value is -2.86. The van der Waals surface area contributed by atoms with Crippen LogP contribution in [-0.2, 0) is 6.54 Å². The number of ether oxygens (including phenoxy) is 2. The van der Waals surface area contributed by atoms with E-state index >= 15 is 0 Å². The number of nitrogens with one attached hydrogen (secondary N) is 1. The number of hydrogen-bond acceptors (Lipinski definition) is 5. The van der Waals surface area contributed by atoms with Crippen molar-refractivity contribution in [1.29, 1.82) is 0 Å². The first-order valence-electron chi connectivity index (χ1n) is 8.56. The van der Waals surface area contributed by atoms with E-state index in [1.165, 1.54) is 12.7 Å². The van der Waals surface area contributed by atoms with Gasteiger partial charge in [-0.15, -0.1) is 11.3 Å². The Balaban J connectivity index is 1.76. The molecule has 1 N–H and O–H groups in total. The Morgan fingerprint density at radius 3 is 2.59 bits per heavy atom. The van der Waals surface area contributed by atoms with Crippen molar-refractivity contribution in [1.82, 2.24) is 10.3 Å². The van der Waals surface area contributed by atoms with E-state index in [1.807, 2.05) is 19.1 Å². The molecule has 0 atom stereocenters. The molecular weight excluding hydrogens is 360 g/mol. The molecule has 0 bridgehead atoms. The molecule has 6 heteroatoms. The molecule has 27 heavy (non-hydrogen) atoms. The smallest absolute Gasteiger partial charge is 0.255 e. The molecule has 0 aliphatic heterocycles. The monoisotopic (exact) mass is 382 g/mol. The SMILES string of the molecule is COc1ccc(C(=O)NCc2sc(-c3ccccc3C)nc2C)c(OC)c1. The predicted molar refractivity (Wildman–Crippen MR) is 108 cm³/mol. The Labute approximate surface area is 163 Å². The number of carbonyl (C=O) groups is 1. The second-order valence-electron chi connectivity index (χ2n) is 6.09. The number of carbonyl (C=O) groups excluding carboxylic acids is 1. The second-order valence-corrected chi connectivity index (χ2v) is 7.18. The van der Waals surface area contributed by atoms with E-state index in [-0.39, 0.29) is 5.91 Å². The van der Waals surface area contributed by atoms with Gasteiger partial charge in [-0.3, -0.25) is 4.79 Å². The highest BCUT2D eigenvalue weighted by Crippen LogP contribution is 2.30. The van der Waals surface area contributed by atoms with Crippen LogP contribution in [0.25, 0.3) is 10.6 Å². The van der Waals surface area contributed by atoms with Crippen LogP contribution in [0.5, 0.6) is 11.5 Å². The van der Waals surface area contributed by atoms with Crippen LogP contribution >= 0.6 is 11.3 Å². The minimum atomic E-state index is -0.195. The Morgan fingerprint density at radius 1 is 1.11 bits per heavy atom. The fourth-order valence-corrected chi connectivity index (χ4v) is 3.85. The van der Waals surface area contributed by atoms with Gasteiger partial charge in [0.2, 0.25) is 0 Å². The Kier molecular flexibility index (Phi) is 5.76. The standard InChI is InChI=1S/C21H22N2O3S/c1-13-7-5-6-8-16(13)21-23-14(2)19(27-21)12-22-20(24)17-10-9-15(25-3)11-18(17)26-4/h5-11H,12H2,1-4H3,(H,22,24). The minimum Gasteiger partial charge on any atom is -0.497 e. The highest BCUT2D eigenvalue weighted by molar-refractivity contribution is 7.15. The number of nitrogens with zero attached hydrogens (tertiary/aromatic N) is 1. The zero-order valence-electron chi connectivity index (χ0n) is 15.8. The summed E-state index contributed by atoms with van der Waals surface area (Å²) in [6.07, 6.45) is 0. The van der Waals surface area contributed by atoms with Crippen molar-refractivity contribution in [3.8, 4) is 22.1 Å². The fraction of sp³-hybridized carbons (Fsp3) is 0.238. The topological polar surface area (TPSA) is 60.5 Å². The van der Waals surface area contributed by atoms with E-state index in [1.54, 1.807) is 36.6 Å². The maximum absolute atomic E-state index is 12.6. The van der Waals surface area contributed by atoms with Gasteiger partial charge in [-0.2, -0.15) is 0 Å². The summed E-state index contributed by atoms with van der Waals surface area (Å²) in [7, 11) is 3.11. The lowest BCUT2D eigenvalue weighted by Gasteiger charge is -2.10. The van der Waals surface area contributed by atoms with Gasteiger partial charge in [-0.1, -0.05) is 24.3 Å². The summed E-state index contributed by atoms with van der Waals surface area (Å²) >= 11 is 1.60. The van der Waals surface area contributed by atoms with E-state index in [0.29, 0.717) is 23.6 Å². The number of hydrogen-bond donors (Lipinski definition) is 1. The molecule has 0 aliphatic carbocycles. The lowest BCUT2D eigenvalue weighted by molar-refractivity contribution is 0.0948. The molecule has 3 aromatic rings. The summed E-state index contributed by atoms with van der Waals surface area (Å²) in [5.41, 5.74) is 3.71. The molecule has 0 aliphatic rings. The van der Waals surface area contributed by atoms with Gasteiger partial charge in [-0.25, -0.2) is 4.98 Å². The number of methoxy groups -OCH3 is 2. The molecule has 0 radical (unpaired) electrons. The first kappa shape index (κ1) is 18.9. The number of thiazole rings is 1. The van der Waals surface area contributed by atoms with Crippen LogP contribution in [0, 0.1) is 13.8 Å². The van der Waals surface area contributed by atoms with Crippen molar-refractivity contribution < 1.29 is 14.3 Å². The molecule has 1 aromatic heterocycles. The zero-order valence-corrected chi connectivity index (χ0v) is 16.6. The van der Waals surface area contributed by atoms with Gasteiger partial charge in [0.15, 0.2) is 0 Å². The molecule has 1 amide bonds. The van der Waals surface area contributed by atoms with Gasteiger partial charge in [-0.05, 0) is 31.5 Å². The molecule has 0 saturated heterocycles. The Bertz CT molecular complexity index is 966. The Morgan fingerprint density at radius 2 is 1.89 bits per heavy atom. The van der Waals surface area contributed by atoms with Crippen LogP contribution in [-0.4, -0.2) is 25.1 Å². The van der Waals surface area contributed by atoms with Crippen LogP contribution in [0.1, 0.15) is 26.5 Å². The van der Waals surface area contributed by atoms with Crippen LogP contribution in [0.2, 0.25) is 0 Å². The van der Waals surface area contributed by atoms with Gasteiger partial charge in [0, 0.05) is 16.5 Å². The maximum Gasteiger partial charge on any atom is 0.255 e. The maximum atomic E-state index is 12.6. The number of rotatable bonds is 6. The number of aromatic nitrogens is 1. The summed E-state index contributed by atoms with van der Waals surface area (Å²) in [6, 6.07) is 13.3. The molecule has 140 valence electrons. The quantitative estimate of drug-likeness (QED) is 0.687. The van der Waals surface area contributed by atoms with Crippen molar-refractivity contribution in [2.75, 3.05) is 14.2 Å². The molecule has 1 heterocycles. The van der Waals surface area contributed by atoms with Crippen LogP contribution in [0.15, 0.2) is 42.5 Å². The van der Waals surface area contributed by atoms with E-state index in [4.69, 9.17) is 9.47 Å². The molecular formula is C21H22N2O3S. The average Bonchev–Trinajstić information content (AvgIpc) is 3.06. The normalized spacial score (nSPS) is 10.5. The van der Waals surface area contributed by atoms with Gasteiger partial charge in [0.25, 0.3) is 5.91 Å². The van der Waals surface area contributed by atoms with Gasteiger partial charge < -0.3 is 14.8 Å². The van der Waals surface area contributed by atoms with Crippen molar-refractivity contribution in [2.45, 2.75) is 20.4 Å². The third-order valence-electron chi connectivity index (χ3n) is 4.33. The molecule has 5 nitrogen and oxygen atoms in total. The van der Waals surface area contributed by atoms with Gasteiger partial charge >= 0.3 is 0 Å². The number of benzene rings is 2. The number of amides is 1. The van der Waals surface area contributed by atoms with Crippen LogP contribution in [0.3, 0.4) is 0 Å². The van der Waals surface area contributed by atoms with Gasteiger partial charge in [0.05, 0.1) is 32.0 Å². The third kappa shape index (κ3) is 4.11. The van der Waals surface area contributed by atoms with Crippen molar-refractivity contribution in [3.05, 3.63) is 64.2 Å². The molecule has 2 aromatic carbocycles. The lowest BCUT2D eigenvalue weighted by atomic mass is 10.1. The van der Waals surface area contributed by atoms with Crippen molar-refractivity contribution in [3.63, 3.8) is 0 Å². The first-order chi connectivity index (χ1) is 13.0. The fourth-order valence-electron chi connectivity index (χ4n) is 2.76. The summed E-state index contributed by atoms with van der Waals surface area (Å²) in [5, 5.41) is 3.93. The van der Waals surface area contributed by atoms with Crippen molar-refractivity contribution in [2.24, 2.45) is 0 Å². The highest BCUT2D eigenvalue weighted by Gasteiger charge is 2.15. The molecule has 0 fully saturated rings. The summed E-state index contributed by atoms with van der Waals surface area (Å²) in [4.78, 5) is 18.3. The highest BCUT2D eigenvalue weighted by atomic mass is 32.1. The molecule has 0 spiro atoms. The lowest BCUT2D eigenvalue weighted by Crippen LogP contribution is -2.23.